The average Bonchev–Trinajstić information content (AvgIpc) is 3.11. The Morgan fingerprint density at radius 3 is 2.52 bits per heavy atom. The lowest BCUT2D eigenvalue weighted by Gasteiger charge is -2.35. The van der Waals surface area contributed by atoms with Crippen molar-refractivity contribution in [2.45, 2.75) is 52.0 Å². The van der Waals surface area contributed by atoms with E-state index in [4.69, 9.17) is 4.74 Å². The van der Waals surface area contributed by atoms with Crippen molar-refractivity contribution >= 4 is 17.2 Å². The molecule has 0 spiro atoms. The van der Waals surface area contributed by atoms with E-state index in [1.165, 1.54) is 16.0 Å². The van der Waals surface area contributed by atoms with Gasteiger partial charge in [-0.1, -0.05) is 12.1 Å². The summed E-state index contributed by atoms with van der Waals surface area (Å²) < 4.78 is 5.81. The van der Waals surface area contributed by atoms with Gasteiger partial charge in [0.15, 0.2) is 0 Å². The minimum absolute atomic E-state index is 0.138. The Bertz CT molecular complexity index is 791. The Labute approximate surface area is 165 Å². The van der Waals surface area contributed by atoms with Crippen molar-refractivity contribution in [3.63, 3.8) is 0 Å². The molecule has 144 valence electrons. The summed E-state index contributed by atoms with van der Waals surface area (Å²) in [6.45, 7) is 10.0. The molecule has 27 heavy (non-hydrogen) atoms. The molecule has 5 heteroatoms. The summed E-state index contributed by atoms with van der Waals surface area (Å²) >= 11 is 1.81. The third kappa shape index (κ3) is 3.96. The van der Waals surface area contributed by atoms with Crippen LogP contribution in [0.4, 0.5) is 0 Å². The lowest BCUT2D eigenvalue weighted by atomic mass is 10.00. The molecule has 1 amide bonds. The van der Waals surface area contributed by atoms with Crippen LogP contribution in [0.1, 0.15) is 53.2 Å². The van der Waals surface area contributed by atoms with Gasteiger partial charge in [0, 0.05) is 36.6 Å². The Balaban J connectivity index is 1.42. The number of morpholine rings is 1. The number of ether oxygens (including phenoxy) is 1. The van der Waals surface area contributed by atoms with Gasteiger partial charge in [-0.25, -0.2) is 0 Å². The van der Waals surface area contributed by atoms with Gasteiger partial charge >= 0.3 is 0 Å². The zero-order valence-electron chi connectivity index (χ0n) is 16.4. The second-order valence-corrected chi connectivity index (χ2v) is 8.87. The molecule has 0 N–H and O–H groups in total. The molecule has 1 aromatic heterocycles. The Morgan fingerprint density at radius 2 is 1.81 bits per heavy atom. The third-order valence-corrected chi connectivity index (χ3v) is 6.64. The van der Waals surface area contributed by atoms with Crippen LogP contribution in [0.5, 0.6) is 0 Å². The zero-order chi connectivity index (χ0) is 19.0. The molecule has 0 bridgehead atoms. The largest absolute Gasteiger partial charge is 0.373 e. The van der Waals surface area contributed by atoms with E-state index in [0.717, 1.165) is 38.2 Å². The van der Waals surface area contributed by atoms with Crippen LogP contribution in [0.3, 0.4) is 0 Å². The number of fused-ring (bicyclic) bond motifs is 1. The van der Waals surface area contributed by atoms with Gasteiger partial charge in [0.25, 0.3) is 5.91 Å². The summed E-state index contributed by atoms with van der Waals surface area (Å²) in [5, 5.41) is 2.14. The van der Waals surface area contributed by atoms with Crippen molar-refractivity contribution in [3.05, 3.63) is 57.3 Å². The number of nitrogens with zero attached hydrogens (tertiary/aromatic N) is 2. The summed E-state index contributed by atoms with van der Waals surface area (Å²) in [5.41, 5.74) is 3.35. The predicted octanol–water partition coefficient (Wildman–Crippen LogP) is 4.12. The minimum Gasteiger partial charge on any atom is -0.373 e. The Hall–Kier alpha value is -1.69. The molecule has 2 aliphatic heterocycles. The van der Waals surface area contributed by atoms with Crippen LogP contribution in [0, 0.1) is 0 Å². The highest BCUT2D eigenvalue weighted by Gasteiger charge is 2.29. The molecule has 3 atom stereocenters. The maximum atomic E-state index is 13.0. The molecule has 2 aromatic rings. The van der Waals surface area contributed by atoms with Gasteiger partial charge in [0.2, 0.25) is 0 Å². The number of rotatable bonds is 3. The fourth-order valence-electron chi connectivity index (χ4n) is 4.38. The van der Waals surface area contributed by atoms with Gasteiger partial charge in [0.05, 0.1) is 18.2 Å². The fourth-order valence-corrected chi connectivity index (χ4v) is 5.34. The highest BCUT2D eigenvalue weighted by atomic mass is 32.1. The molecule has 0 aliphatic carbocycles. The lowest BCUT2D eigenvalue weighted by Crippen LogP contribution is -2.44. The molecule has 0 saturated carbocycles. The van der Waals surface area contributed by atoms with Crippen LogP contribution >= 0.6 is 11.3 Å². The number of carbonyl (C=O) groups is 1. The van der Waals surface area contributed by atoms with E-state index in [1.807, 2.05) is 17.0 Å². The average molecular weight is 385 g/mol. The predicted molar refractivity (Wildman–Crippen MR) is 109 cm³/mol. The summed E-state index contributed by atoms with van der Waals surface area (Å²) in [4.78, 5) is 18.9. The van der Waals surface area contributed by atoms with Gasteiger partial charge in [-0.15, -0.1) is 11.3 Å². The lowest BCUT2D eigenvalue weighted by molar-refractivity contribution is -0.0704. The van der Waals surface area contributed by atoms with E-state index in [2.05, 4.69) is 49.3 Å². The number of hydrogen-bond donors (Lipinski definition) is 0. The molecular weight excluding hydrogens is 356 g/mol. The molecular formula is C22H28N2O2S. The first kappa shape index (κ1) is 18.7. The number of hydrogen-bond acceptors (Lipinski definition) is 4. The smallest absolute Gasteiger partial charge is 0.254 e. The first-order chi connectivity index (χ1) is 13.0. The summed E-state index contributed by atoms with van der Waals surface area (Å²) in [7, 11) is 0. The van der Waals surface area contributed by atoms with Crippen LogP contribution in [-0.4, -0.2) is 47.5 Å². The quantitative estimate of drug-likeness (QED) is 0.798. The monoisotopic (exact) mass is 384 g/mol. The van der Waals surface area contributed by atoms with Crippen molar-refractivity contribution in [3.8, 4) is 0 Å². The highest BCUT2D eigenvalue weighted by molar-refractivity contribution is 7.10. The minimum atomic E-state index is 0.138. The van der Waals surface area contributed by atoms with E-state index < -0.39 is 0 Å². The van der Waals surface area contributed by atoms with E-state index >= 15 is 0 Å². The van der Waals surface area contributed by atoms with Gasteiger partial charge in [-0.05, 0) is 61.9 Å². The number of benzene rings is 1. The van der Waals surface area contributed by atoms with Crippen LogP contribution in [0.2, 0.25) is 0 Å². The SMILES string of the molecule is CC1CN(Cc2ccc(C(=O)N3CCc4sccc4C3C)cc2)CC(C)O1. The maximum Gasteiger partial charge on any atom is 0.254 e. The standard InChI is InChI=1S/C22H28N2O2S/c1-15-12-23(13-16(2)26-15)14-18-4-6-19(7-5-18)22(25)24-10-8-21-20(17(24)3)9-11-27-21/h4-7,9,11,15-17H,8,10,12-14H2,1-3H3. The zero-order valence-corrected chi connectivity index (χ0v) is 17.2. The van der Waals surface area contributed by atoms with Crippen LogP contribution < -0.4 is 0 Å². The van der Waals surface area contributed by atoms with Gasteiger partial charge in [-0.3, -0.25) is 9.69 Å². The molecule has 3 heterocycles. The number of carbonyl (C=O) groups excluding carboxylic acids is 1. The van der Waals surface area contributed by atoms with E-state index in [9.17, 15) is 4.79 Å². The Kier molecular flexibility index (Phi) is 5.35. The first-order valence-electron chi connectivity index (χ1n) is 9.85. The molecule has 4 rings (SSSR count). The topological polar surface area (TPSA) is 32.8 Å². The van der Waals surface area contributed by atoms with Crippen LogP contribution in [-0.2, 0) is 17.7 Å². The molecule has 2 aliphatic rings. The van der Waals surface area contributed by atoms with Crippen LogP contribution in [0.25, 0.3) is 0 Å². The van der Waals surface area contributed by atoms with Gasteiger partial charge in [-0.2, -0.15) is 0 Å². The van der Waals surface area contributed by atoms with Crippen LogP contribution in [0.15, 0.2) is 35.7 Å². The van der Waals surface area contributed by atoms with Crippen molar-refractivity contribution in [1.82, 2.24) is 9.80 Å². The van der Waals surface area contributed by atoms with E-state index in [-0.39, 0.29) is 24.2 Å². The maximum absolute atomic E-state index is 13.0. The normalized spacial score (nSPS) is 26.0. The van der Waals surface area contributed by atoms with E-state index in [1.54, 1.807) is 11.3 Å². The van der Waals surface area contributed by atoms with Crippen molar-refractivity contribution in [2.75, 3.05) is 19.6 Å². The number of thiophene rings is 1. The molecule has 1 fully saturated rings. The first-order valence-corrected chi connectivity index (χ1v) is 10.7. The molecule has 3 unspecified atom stereocenters. The molecule has 4 nitrogen and oxygen atoms in total. The summed E-state index contributed by atoms with van der Waals surface area (Å²) in [6.07, 6.45) is 1.52. The van der Waals surface area contributed by atoms with Crippen molar-refractivity contribution in [1.29, 1.82) is 0 Å². The highest BCUT2D eigenvalue weighted by Crippen LogP contribution is 2.33. The fraction of sp³-hybridized carbons (Fsp3) is 0.500. The molecule has 0 radical (unpaired) electrons. The second kappa shape index (κ2) is 7.74. The summed E-state index contributed by atoms with van der Waals surface area (Å²) in [5.74, 6) is 0.138. The van der Waals surface area contributed by atoms with Crippen molar-refractivity contribution in [2.24, 2.45) is 0 Å². The van der Waals surface area contributed by atoms with E-state index in [0.29, 0.717) is 0 Å². The molecule has 1 saturated heterocycles. The third-order valence-electron chi connectivity index (χ3n) is 5.64. The van der Waals surface area contributed by atoms with Crippen molar-refractivity contribution < 1.29 is 9.53 Å². The molecule has 1 aromatic carbocycles. The Morgan fingerprint density at radius 1 is 1.11 bits per heavy atom. The van der Waals surface area contributed by atoms with Gasteiger partial charge < -0.3 is 9.64 Å². The summed E-state index contributed by atoms with van der Waals surface area (Å²) in [6, 6.07) is 10.5. The number of amides is 1. The van der Waals surface area contributed by atoms with Gasteiger partial charge in [0.1, 0.15) is 0 Å². The second-order valence-electron chi connectivity index (χ2n) is 7.87.